The Labute approximate surface area is 175 Å². The summed E-state index contributed by atoms with van der Waals surface area (Å²) in [6, 6.07) is 14.5. The SMILES string of the molecule is c1ccc(-c2ccc(-c3cnn4c5c(c(C6CCNCC6)nc34)CCN5)cn2)cc1. The van der Waals surface area contributed by atoms with Gasteiger partial charge in [0.1, 0.15) is 5.82 Å². The Morgan fingerprint density at radius 2 is 1.77 bits per heavy atom. The Bertz CT molecular complexity index is 1190. The van der Waals surface area contributed by atoms with Gasteiger partial charge in [-0.25, -0.2) is 4.98 Å². The predicted octanol–water partition coefficient (Wildman–Crippen LogP) is 3.89. The normalized spacial score (nSPS) is 16.5. The van der Waals surface area contributed by atoms with E-state index in [4.69, 9.17) is 9.97 Å². The Morgan fingerprint density at radius 3 is 2.57 bits per heavy atom. The van der Waals surface area contributed by atoms with Gasteiger partial charge in [-0.05, 0) is 38.4 Å². The van der Waals surface area contributed by atoms with Gasteiger partial charge in [0, 0.05) is 40.9 Å². The summed E-state index contributed by atoms with van der Waals surface area (Å²) in [6.07, 6.45) is 7.18. The van der Waals surface area contributed by atoms with Gasteiger partial charge in [-0.2, -0.15) is 9.61 Å². The quantitative estimate of drug-likeness (QED) is 0.550. The molecule has 0 aliphatic carbocycles. The molecular weight excluding hydrogens is 372 g/mol. The Balaban J connectivity index is 1.45. The van der Waals surface area contributed by atoms with Crippen molar-refractivity contribution in [1.82, 2.24) is 24.9 Å². The average Bonchev–Trinajstić information content (AvgIpc) is 3.47. The third-order valence-corrected chi connectivity index (χ3v) is 6.31. The number of benzene rings is 1. The number of hydrogen-bond donors (Lipinski definition) is 2. The van der Waals surface area contributed by atoms with Crippen LogP contribution in [-0.4, -0.2) is 39.2 Å². The van der Waals surface area contributed by atoms with Gasteiger partial charge in [0.2, 0.25) is 0 Å². The maximum atomic E-state index is 5.19. The second kappa shape index (κ2) is 7.22. The molecule has 1 aromatic carbocycles. The van der Waals surface area contributed by atoms with E-state index < -0.39 is 0 Å². The molecule has 6 heteroatoms. The molecule has 2 aliphatic heterocycles. The molecule has 3 aromatic heterocycles. The van der Waals surface area contributed by atoms with E-state index in [-0.39, 0.29) is 0 Å². The van der Waals surface area contributed by atoms with E-state index in [1.165, 1.54) is 11.3 Å². The van der Waals surface area contributed by atoms with Crippen molar-refractivity contribution >= 4 is 11.5 Å². The predicted molar refractivity (Wildman–Crippen MR) is 119 cm³/mol. The zero-order chi connectivity index (χ0) is 19.9. The van der Waals surface area contributed by atoms with Crippen molar-refractivity contribution in [1.29, 1.82) is 0 Å². The molecule has 2 N–H and O–H groups in total. The molecule has 4 aromatic rings. The molecule has 1 saturated heterocycles. The number of nitrogens with one attached hydrogen (secondary N) is 2. The Kier molecular flexibility index (Phi) is 4.23. The largest absolute Gasteiger partial charge is 0.369 e. The number of anilines is 1. The van der Waals surface area contributed by atoms with E-state index in [1.54, 1.807) is 0 Å². The molecule has 0 amide bonds. The summed E-state index contributed by atoms with van der Waals surface area (Å²) in [4.78, 5) is 9.90. The van der Waals surface area contributed by atoms with Gasteiger partial charge in [0.25, 0.3) is 0 Å². The fourth-order valence-electron chi connectivity index (χ4n) is 4.75. The van der Waals surface area contributed by atoms with Crippen molar-refractivity contribution in [3.63, 3.8) is 0 Å². The summed E-state index contributed by atoms with van der Waals surface area (Å²) < 4.78 is 1.98. The van der Waals surface area contributed by atoms with Crippen molar-refractivity contribution in [2.24, 2.45) is 0 Å². The number of nitrogens with zero attached hydrogens (tertiary/aromatic N) is 4. The number of pyridine rings is 1. The van der Waals surface area contributed by atoms with Crippen molar-refractivity contribution in [3.05, 3.63) is 66.1 Å². The molecule has 0 unspecified atom stereocenters. The molecule has 0 bridgehead atoms. The van der Waals surface area contributed by atoms with Gasteiger partial charge in [-0.1, -0.05) is 36.4 Å². The third-order valence-electron chi connectivity index (χ3n) is 6.31. The highest BCUT2D eigenvalue weighted by Crippen LogP contribution is 2.36. The highest BCUT2D eigenvalue weighted by atomic mass is 15.3. The summed E-state index contributed by atoms with van der Waals surface area (Å²) in [6.45, 7) is 3.09. The number of aromatic nitrogens is 4. The highest BCUT2D eigenvalue weighted by Gasteiger charge is 2.27. The number of hydrogen-bond acceptors (Lipinski definition) is 5. The van der Waals surface area contributed by atoms with E-state index in [1.807, 2.05) is 35.1 Å². The molecule has 6 nitrogen and oxygen atoms in total. The van der Waals surface area contributed by atoms with Crippen LogP contribution in [-0.2, 0) is 6.42 Å². The van der Waals surface area contributed by atoms with E-state index in [0.717, 1.165) is 72.7 Å². The summed E-state index contributed by atoms with van der Waals surface area (Å²) in [5, 5.41) is 11.7. The van der Waals surface area contributed by atoms with E-state index in [2.05, 4.69) is 40.0 Å². The zero-order valence-corrected chi connectivity index (χ0v) is 16.8. The fraction of sp³-hybridized carbons (Fsp3) is 0.292. The second-order valence-corrected chi connectivity index (χ2v) is 8.12. The molecular formula is C24H24N6. The van der Waals surface area contributed by atoms with Gasteiger partial charge >= 0.3 is 0 Å². The van der Waals surface area contributed by atoms with Gasteiger partial charge in [0.15, 0.2) is 5.65 Å². The minimum absolute atomic E-state index is 0.520. The zero-order valence-electron chi connectivity index (χ0n) is 16.8. The monoisotopic (exact) mass is 396 g/mol. The number of piperidine rings is 1. The summed E-state index contributed by atoms with van der Waals surface area (Å²) >= 11 is 0. The maximum Gasteiger partial charge on any atom is 0.165 e. The number of fused-ring (bicyclic) bond motifs is 3. The molecule has 1 fully saturated rings. The minimum atomic E-state index is 0.520. The second-order valence-electron chi connectivity index (χ2n) is 8.12. The lowest BCUT2D eigenvalue weighted by molar-refractivity contribution is 0.451. The van der Waals surface area contributed by atoms with Gasteiger partial charge in [0.05, 0.1) is 17.6 Å². The van der Waals surface area contributed by atoms with Crippen LogP contribution in [0, 0.1) is 0 Å². The van der Waals surface area contributed by atoms with Crippen molar-refractivity contribution in [2.45, 2.75) is 25.2 Å². The number of rotatable bonds is 3. The highest BCUT2D eigenvalue weighted by molar-refractivity contribution is 5.79. The van der Waals surface area contributed by atoms with Gasteiger partial charge in [-0.15, -0.1) is 0 Å². The van der Waals surface area contributed by atoms with Crippen molar-refractivity contribution in [2.75, 3.05) is 25.0 Å². The third kappa shape index (κ3) is 2.87. The van der Waals surface area contributed by atoms with Gasteiger partial charge < -0.3 is 10.6 Å². The molecule has 5 heterocycles. The minimum Gasteiger partial charge on any atom is -0.369 e. The van der Waals surface area contributed by atoms with E-state index in [9.17, 15) is 0 Å². The maximum absolute atomic E-state index is 5.19. The lowest BCUT2D eigenvalue weighted by Gasteiger charge is -2.24. The van der Waals surface area contributed by atoms with Crippen LogP contribution in [0.1, 0.15) is 30.0 Å². The first-order valence-electron chi connectivity index (χ1n) is 10.8. The molecule has 0 spiro atoms. The van der Waals surface area contributed by atoms with E-state index >= 15 is 0 Å². The first-order chi connectivity index (χ1) is 14.9. The van der Waals surface area contributed by atoms with Crippen molar-refractivity contribution < 1.29 is 0 Å². The first kappa shape index (κ1) is 17.6. The first-order valence-corrected chi connectivity index (χ1v) is 10.8. The Hall–Kier alpha value is -3.25. The van der Waals surface area contributed by atoms with Gasteiger partial charge in [-0.3, -0.25) is 4.98 Å². The summed E-state index contributed by atoms with van der Waals surface area (Å²) in [7, 11) is 0. The molecule has 30 heavy (non-hydrogen) atoms. The smallest absolute Gasteiger partial charge is 0.165 e. The standard InChI is InChI=1S/C24H24N6/c1-2-4-16(5-3-1)21-7-6-18(14-27-21)20-15-28-30-23-19(10-13-26-23)22(29-24(20)30)17-8-11-25-12-9-17/h1-7,14-15,17,25-26H,8-13H2. The van der Waals surface area contributed by atoms with Crippen LogP contribution >= 0.6 is 0 Å². The Morgan fingerprint density at radius 1 is 0.900 bits per heavy atom. The topological polar surface area (TPSA) is 67.1 Å². The van der Waals surface area contributed by atoms with Crippen molar-refractivity contribution in [3.8, 4) is 22.4 Å². The average molecular weight is 396 g/mol. The van der Waals surface area contributed by atoms with Crippen LogP contribution in [0.25, 0.3) is 28.0 Å². The lowest BCUT2D eigenvalue weighted by Crippen LogP contribution is -2.27. The van der Waals surface area contributed by atoms with Crippen LogP contribution < -0.4 is 10.6 Å². The van der Waals surface area contributed by atoms with Crippen LogP contribution in [0.2, 0.25) is 0 Å². The molecule has 0 radical (unpaired) electrons. The molecule has 0 atom stereocenters. The summed E-state index contributed by atoms with van der Waals surface area (Å²) in [5.41, 5.74) is 7.71. The molecule has 0 saturated carbocycles. The molecule has 150 valence electrons. The van der Waals surface area contributed by atoms with Crippen LogP contribution in [0.4, 0.5) is 5.82 Å². The van der Waals surface area contributed by atoms with Crippen LogP contribution in [0.15, 0.2) is 54.9 Å². The molecule has 2 aliphatic rings. The van der Waals surface area contributed by atoms with Crippen LogP contribution in [0.5, 0.6) is 0 Å². The van der Waals surface area contributed by atoms with Crippen LogP contribution in [0.3, 0.4) is 0 Å². The summed E-state index contributed by atoms with van der Waals surface area (Å²) in [5.74, 6) is 1.64. The fourth-order valence-corrected chi connectivity index (χ4v) is 4.75. The lowest BCUT2D eigenvalue weighted by atomic mass is 9.91. The van der Waals surface area contributed by atoms with E-state index in [0.29, 0.717) is 5.92 Å². The molecule has 6 rings (SSSR count).